The largest absolute Gasteiger partial charge is 0.382 e. The second-order valence-corrected chi connectivity index (χ2v) is 6.01. The quantitative estimate of drug-likeness (QED) is 0.428. The Morgan fingerprint density at radius 1 is 0.964 bits per heavy atom. The molecule has 140 valence electrons. The van der Waals surface area contributed by atoms with E-state index in [1.54, 1.807) is 30.5 Å². The van der Waals surface area contributed by atoms with Gasteiger partial charge in [-0.25, -0.2) is 18.6 Å². The molecule has 0 aliphatic heterocycles. The van der Waals surface area contributed by atoms with Crippen molar-refractivity contribution in [2.24, 2.45) is 0 Å². The summed E-state index contributed by atoms with van der Waals surface area (Å²) in [6, 6.07) is 11.0. The van der Waals surface area contributed by atoms with Crippen LogP contribution in [0.2, 0.25) is 0 Å². The molecule has 0 aliphatic carbocycles. The average Bonchev–Trinajstić information content (AvgIpc) is 3.03. The van der Waals surface area contributed by atoms with Gasteiger partial charge in [0, 0.05) is 23.6 Å². The summed E-state index contributed by atoms with van der Waals surface area (Å²) in [4.78, 5) is 16.2. The highest BCUT2D eigenvalue weighted by Gasteiger charge is 2.11. The number of H-pyrrole nitrogens is 1. The molecule has 0 spiro atoms. The molecule has 9 heteroatoms. The monoisotopic (exact) mass is 380 g/mol. The molecule has 28 heavy (non-hydrogen) atoms. The van der Waals surface area contributed by atoms with Crippen LogP contribution in [0.5, 0.6) is 0 Å². The van der Waals surface area contributed by atoms with E-state index in [0.717, 1.165) is 29.3 Å². The summed E-state index contributed by atoms with van der Waals surface area (Å²) in [5.41, 5.74) is 8.71. The van der Waals surface area contributed by atoms with Gasteiger partial charge in [-0.1, -0.05) is 12.1 Å². The summed E-state index contributed by atoms with van der Waals surface area (Å²) in [5, 5.41) is 12.4. The third kappa shape index (κ3) is 3.45. The minimum atomic E-state index is -0.776. The molecule has 4 aromatic rings. The van der Waals surface area contributed by atoms with Crippen molar-refractivity contribution >= 4 is 34.3 Å². The second-order valence-electron chi connectivity index (χ2n) is 6.01. The van der Waals surface area contributed by atoms with E-state index in [1.807, 2.05) is 6.07 Å². The average molecular weight is 380 g/mol. The molecular weight excluding hydrogens is 366 g/mol. The lowest BCUT2D eigenvalue weighted by molar-refractivity contribution is 0.262. The summed E-state index contributed by atoms with van der Waals surface area (Å²) in [6.45, 7) is 0. The molecule has 2 amide bonds. The van der Waals surface area contributed by atoms with Gasteiger partial charge in [-0.3, -0.25) is 5.10 Å². The number of nitrogens with two attached hydrogens (primary N) is 1. The Labute approximate surface area is 157 Å². The van der Waals surface area contributed by atoms with Crippen molar-refractivity contribution in [3.05, 3.63) is 66.4 Å². The van der Waals surface area contributed by atoms with Gasteiger partial charge in [-0.05, 0) is 41.5 Å². The number of rotatable bonds is 3. The number of nitrogens with one attached hydrogen (secondary N) is 3. The number of hydrogen-bond acceptors (Lipinski definition) is 4. The molecule has 0 atom stereocenters. The first kappa shape index (κ1) is 17.4. The van der Waals surface area contributed by atoms with E-state index in [-0.39, 0.29) is 5.69 Å². The summed E-state index contributed by atoms with van der Waals surface area (Å²) >= 11 is 0. The standard InChI is InChI=1S/C19H14F2N6O/c20-11-7-12(21)9-14(8-11)25-19(28)24-13-3-1-10(2-4-13)15-5-6-23-18-16(15)17(22)26-27-18/h1-9H,(H2,24,25,28)(H3,22,23,26,27). The van der Waals surface area contributed by atoms with E-state index in [1.165, 1.54) is 0 Å². The highest BCUT2D eigenvalue weighted by atomic mass is 19.1. The predicted molar refractivity (Wildman–Crippen MR) is 103 cm³/mol. The first-order valence-electron chi connectivity index (χ1n) is 8.23. The molecule has 0 saturated carbocycles. The Kier molecular flexibility index (Phi) is 4.32. The van der Waals surface area contributed by atoms with Gasteiger partial charge in [0.1, 0.15) is 11.6 Å². The van der Waals surface area contributed by atoms with Crippen molar-refractivity contribution in [3.8, 4) is 11.1 Å². The van der Waals surface area contributed by atoms with E-state index < -0.39 is 17.7 Å². The summed E-state index contributed by atoms with van der Waals surface area (Å²) < 4.78 is 26.4. The number of fused-ring (bicyclic) bond motifs is 1. The number of benzene rings is 2. The fraction of sp³-hybridized carbons (Fsp3) is 0. The molecular formula is C19H14F2N6O. The van der Waals surface area contributed by atoms with Crippen LogP contribution in [-0.2, 0) is 0 Å². The number of hydrogen-bond donors (Lipinski definition) is 4. The van der Waals surface area contributed by atoms with Crippen LogP contribution in [0.1, 0.15) is 0 Å². The number of amides is 2. The van der Waals surface area contributed by atoms with Gasteiger partial charge < -0.3 is 16.4 Å². The van der Waals surface area contributed by atoms with Crippen molar-refractivity contribution in [2.45, 2.75) is 0 Å². The van der Waals surface area contributed by atoms with E-state index >= 15 is 0 Å². The Morgan fingerprint density at radius 3 is 2.36 bits per heavy atom. The van der Waals surface area contributed by atoms with Gasteiger partial charge in [-0.15, -0.1) is 0 Å². The number of carbonyl (C=O) groups excluding carboxylic acids is 1. The molecule has 0 aliphatic rings. The van der Waals surface area contributed by atoms with Gasteiger partial charge in [0.05, 0.1) is 5.39 Å². The van der Waals surface area contributed by atoms with Crippen molar-refractivity contribution in [1.29, 1.82) is 0 Å². The maximum absolute atomic E-state index is 13.2. The smallest absolute Gasteiger partial charge is 0.323 e. The highest BCUT2D eigenvalue weighted by molar-refractivity contribution is 6.01. The topological polar surface area (TPSA) is 109 Å². The minimum Gasteiger partial charge on any atom is -0.382 e. The fourth-order valence-corrected chi connectivity index (χ4v) is 2.87. The number of nitrogen functional groups attached to an aromatic ring is 1. The Morgan fingerprint density at radius 2 is 1.64 bits per heavy atom. The van der Waals surface area contributed by atoms with Crippen LogP contribution in [0, 0.1) is 11.6 Å². The Hall–Kier alpha value is -4.01. The van der Waals surface area contributed by atoms with Crippen molar-refractivity contribution in [3.63, 3.8) is 0 Å². The fourth-order valence-electron chi connectivity index (χ4n) is 2.87. The highest BCUT2D eigenvalue weighted by Crippen LogP contribution is 2.30. The zero-order valence-corrected chi connectivity index (χ0v) is 14.3. The third-order valence-corrected chi connectivity index (χ3v) is 4.06. The summed E-state index contributed by atoms with van der Waals surface area (Å²) in [5.74, 6) is -1.20. The van der Waals surface area contributed by atoms with E-state index in [0.29, 0.717) is 22.5 Å². The number of anilines is 3. The van der Waals surface area contributed by atoms with E-state index in [9.17, 15) is 13.6 Å². The minimum absolute atomic E-state index is 0.0150. The number of pyridine rings is 1. The third-order valence-electron chi connectivity index (χ3n) is 4.06. The van der Waals surface area contributed by atoms with Gasteiger partial charge in [0.2, 0.25) is 0 Å². The zero-order valence-electron chi connectivity index (χ0n) is 14.3. The number of aromatic nitrogens is 3. The lowest BCUT2D eigenvalue weighted by Gasteiger charge is -2.09. The number of aromatic amines is 1. The van der Waals surface area contributed by atoms with Crippen molar-refractivity contribution in [1.82, 2.24) is 15.2 Å². The molecule has 5 N–H and O–H groups in total. The molecule has 4 rings (SSSR count). The van der Waals surface area contributed by atoms with Crippen molar-refractivity contribution < 1.29 is 13.6 Å². The molecule has 0 bridgehead atoms. The van der Waals surface area contributed by atoms with Crippen LogP contribution in [0.4, 0.5) is 30.8 Å². The van der Waals surface area contributed by atoms with E-state index in [2.05, 4.69) is 25.8 Å². The molecule has 2 aromatic carbocycles. The van der Waals surface area contributed by atoms with Crippen LogP contribution in [0.15, 0.2) is 54.7 Å². The number of halogens is 2. The van der Waals surface area contributed by atoms with Crippen LogP contribution in [0.25, 0.3) is 22.2 Å². The number of nitrogens with zero attached hydrogens (tertiary/aromatic N) is 2. The molecule has 2 heterocycles. The molecule has 0 fully saturated rings. The molecule has 0 saturated heterocycles. The van der Waals surface area contributed by atoms with Crippen molar-refractivity contribution in [2.75, 3.05) is 16.4 Å². The number of carbonyl (C=O) groups is 1. The van der Waals surface area contributed by atoms with Gasteiger partial charge in [0.15, 0.2) is 11.5 Å². The maximum Gasteiger partial charge on any atom is 0.323 e. The predicted octanol–water partition coefficient (Wildman–Crippen LogP) is 4.13. The Balaban J connectivity index is 1.51. The first-order valence-corrected chi connectivity index (χ1v) is 8.23. The lowest BCUT2D eigenvalue weighted by Crippen LogP contribution is -2.19. The van der Waals surface area contributed by atoms with Crippen LogP contribution in [-0.4, -0.2) is 21.2 Å². The van der Waals surface area contributed by atoms with Crippen LogP contribution < -0.4 is 16.4 Å². The lowest BCUT2D eigenvalue weighted by atomic mass is 10.0. The molecule has 0 unspecified atom stereocenters. The maximum atomic E-state index is 13.2. The molecule has 2 aromatic heterocycles. The Bertz CT molecular complexity index is 1150. The summed E-state index contributed by atoms with van der Waals surface area (Å²) in [6.07, 6.45) is 1.65. The van der Waals surface area contributed by atoms with Crippen LogP contribution >= 0.6 is 0 Å². The second kappa shape index (κ2) is 6.95. The summed E-state index contributed by atoms with van der Waals surface area (Å²) in [7, 11) is 0. The van der Waals surface area contributed by atoms with Gasteiger partial charge in [-0.2, -0.15) is 5.10 Å². The molecule has 0 radical (unpaired) electrons. The zero-order chi connectivity index (χ0) is 19.7. The van der Waals surface area contributed by atoms with Crippen LogP contribution in [0.3, 0.4) is 0 Å². The number of urea groups is 1. The normalized spacial score (nSPS) is 10.8. The van der Waals surface area contributed by atoms with Gasteiger partial charge in [0.25, 0.3) is 0 Å². The first-order chi connectivity index (χ1) is 13.5. The van der Waals surface area contributed by atoms with E-state index in [4.69, 9.17) is 5.73 Å². The SMILES string of the molecule is Nc1n[nH]c2nccc(-c3ccc(NC(=O)Nc4cc(F)cc(F)c4)cc3)c12. The van der Waals surface area contributed by atoms with Gasteiger partial charge >= 0.3 is 6.03 Å². The molecule has 7 nitrogen and oxygen atoms in total.